The van der Waals surface area contributed by atoms with E-state index in [1.807, 2.05) is 25.1 Å². The van der Waals surface area contributed by atoms with Crippen molar-refractivity contribution < 1.29 is 9.59 Å². The van der Waals surface area contributed by atoms with Crippen LogP contribution in [0, 0.1) is 12.8 Å². The maximum atomic E-state index is 12.7. The molecule has 1 atom stereocenters. The SMILES string of the molecule is Cc1ccccc1C(=O)NC(CC(C)C)C(=O)NC1CCNCC1.Cl. The van der Waals surface area contributed by atoms with E-state index >= 15 is 0 Å². The van der Waals surface area contributed by atoms with Gasteiger partial charge in [0.25, 0.3) is 5.91 Å². The molecule has 1 heterocycles. The van der Waals surface area contributed by atoms with Crippen LogP contribution in [0.4, 0.5) is 0 Å². The molecule has 0 bridgehead atoms. The highest BCUT2D eigenvalue weighted by molar-refractivity contribution is 5.98. The zero-order valence-corrected chi connectivity index (χ0v) is 16.1. The van der Waals surface area contributed by atoms with Gasteiger partial charge in [0.1, 0.15) is 6.04 Å². The second-order valence-electron chi connectivity index (χ2n) is 7.00. The first-order chi connectivity index (χ1) is 11.5. The maximum absolute atomic E-state index is 12.7. The number of hydrogen-bond donors (Lipinski definition) is 3. The molecule has 0 aliphatic carbocycles. The van der Waals surface area contributed by atoms with Gasteiger partial charge in [-0.15, -0.1) is 12.4 Å². The van der Waals surface area contributed by atoms with Crippen LogP contribution in [0.25, 0.3) is 0 Å². The van der Waals surface area contributed by atoms with Crippen LogP contribution in [0.5, 0.6) is 0 Å². The van der Waals surface area contributed by atoms with Crippen LogP contribution in [0.15, 0.2) is 24.3 Å². The lowest BCUT2D eigenvalue weighted by Gasteiger charge is -2.27. The molecule has 1 saturated heterocycles. The van der Waals surface area contributed by atoms with Crippen molar-refractivity contribution in [3.8, 4) is 0 Å². The molecule has 0 saturated carbocycles. The number of amides is 2. The summed E-state index contributed by atoms with van der Waals surface area (Å²) in [5.41, 5.74) is 1.54. The van der Waals surface area contributed by atoms with E-state index in [0.717, 1.165) is 31.5 Å². The number of benzene rings is 1. The molecule has 1 fully saturated rings. The first-order valence-electron chi connectivity index (χ1n) is 8.85. The molecule has 1 aliphatic heterocycles. The summed E-state index contributed by atoms with van der Waals surface area (Å²) in [6, 6.07) is 7.15. The summed E-state index contributed by atoms with van der Waals surface area (Å²) >= 11 is 0. The molecule has 25 heavy (non-hydrogen) atoms. The summed E-state index contributed by atoms with van der Waals surface area (Å²) in [6.45, 7) is 7.88. The zero-order valence-electron chi connectivity index (χ0n) is 15.3. The highest BCUT2D eigenvalue weighted by atomic mass is 35.5. The van der Waals surface area contributed by atoms with Crippen LogP contribution >= 0.6 is 12.4 Å². The zero-order chi connectivity index (χ0) is 17.5. The van der Waals surface area contributed by atoms with Crippen molar-refractivity contribution >= 4 is 24.2 Å². The molecule has 0 radical (unpaired) electrons. The monoisotopic (exact) mass is 367 g/mol. The highest BCUT2D eigenvalue weighted by Gasteiger charge is 2.25. The number of hydrogen-bond acceptors (Lipinski definition) is 3. The van der Waals surface area contributed by atoms with Gasteiger partial charge in [-0.2, -0.15) is 0 Å². The minimum Gasteiger partial charge on any atom is -0.351 e. The molecular formula is C19H30ClN3O2. The molecule has 2 amide bonds. The molecule has 140 valence electrons. The predicted molar refractivity (Wildman–Crippen MR) is 103 cm³/mol. The molecule has 1 aromatic carbocycles. The Labute approximate surface area is 156 Å². The second-order valence-corrected chi connectivity index (χ2v) is 7.00. The quantitative estimate of drug-likeness (QED) is 0.723. The number of rotatable bonds is 6. The van der Waals surface area contributed by atoms with Crippen LogP contribution in [0.3, 0.4) is 0 Å². The minimum absolute atomic E-state index is 0. The lowest BCUT2D eigenvalue weighted by Crippen LogP contribution is -2.52. The molecule has 0 aromatic heterocycles. The normalized spacial score (nSPS) is 16.0. The van der Waals surface area contributed by atoms with E-state index in [4.69, 9.17) is 0 Å². The lowest BCUT2D eigenvalue weighted by molar-refractivity contribution is -0.124. The third-order valence-corrected chi connectivity index (χ3v) is 4.40. The summed E-state index contributed by atoms with van der Waals surface area (Å²) in [6.07, 6.45) is 2.51. The van der Waals surface area contributed by atoms with Crippen molar-refractivity contribution in [1.82, 2.24) is 16.0 Å². The van der Waals surface area contributed by atoms with Crippen LogP contribution < -0.4 is 16.0 Å². The Morgan fingerprint density at radius 2 is 1.84 bits per heavy atom. The van der Waals surface area contributed by atoms with Crippen molar-refractivity contribution in [3.63, 3.8) is 0 Å². The number of aryl methyl sites for hydroxylation is 1. The number of piperidine rings is 1. The Kier molecular flexibility index (Phi) is 8.93. The fourth-order valence-corrected chi connectivity index (χ4v) is 3.03. The van der Waals surface area contributed by atoms with Crippen LogP contribution in [0.1, 0.15) is 49.0 Å². The number of carbonyl (C=O) groups excluding carboxylic acids is 2. The van der Waals surface area contributed by atoms with Gasteiger partial charge < -0.3 is 16.0 Å². The van der Waals surface area contributed by atoms with Crippen molar-refractivity contribution in [2.45, 2.75) is 52.1 Å². The van der Waals surface area contributed by atoms with E-state index in [0.29, 0.717) is 17.9 Å². The standard InChI is InChI=1S/C19H29N3O2.ClH/c1-13(2)12-17(19(24)21-15-8-10-20-11-9-15)22-18(23)16-7-5-4-6-14(16)3;/h4-7,13,15,17,20H,8-12H2,1-3H3,(H,21,24)(H,22,23);1H. The molecular weight excluding hydrogens is 338 g/mol. The molecule has 6 heteroatoms. The fourth-order valence-electron chi connectivity index (χ4n) is 3.03. The van der Waals surface area contributed by atoms with Gasteiger partial charge in [0.15, 0.2) is 0 Å². The predicted octanol–water partition coefficient (Wildman–Crippen LogP) is 2.43. The molecule has 2 rings (SSSR count). The Balaban J connectivity index is 0.00000312. The summed E-state index contributed by atoms with van der Waals surface area (Å²) in [5, 5.41) is 9.32. The van der Waals surface area contributed by atoms with E-state index in [1.165, 1.54) is 0 Å². The number of halogens is 1. The average Bonchev–Trinajstić information content (AvgIpc) is 2.55. The van der Waals surface area contributed by atoms with Gasteiger partial charge in [0.2, 0.25) is 5.91 Å². The Morgan fingerprint density at radius 1 is 1.20 bits per heavy atom. The van der Waals surface area contributed by atoms with E-state index in [2.05, 4.69) is 29.8 Å². The Morgan fingerprint density at radius 3 is 2.44 bits per heavy atom. The number of carbonyl (C=O) groups is 2. The third-order valence-electron chi connectivity index (χ3n) is 4.40. The van der Waals surface area contributed by atoms with Crippen LogP contribution in [-0.4, -0.2) is 37.0 Å². The van der Waals surface area contributed by atoms with Gasteiger partial charge in [-0.1, -0.05) is 32.0 Å². The summed E-state index contributed by atoms with van der Waals surface area (Å²) in [5.74, 6) is 0.0719. The van der Waals surface area contributed by atoms with Gasteiger partial charge in [0, 0.05) is 11.6 Å². The molecule has 1 aromatic rings. The lowest BCUT2D eigenvalue weighted by atomic mass is 10.0. The first kappa shape index (κ1) is 21.5. The van der Waals surface area contributed by atoms with Crippen LogP contribution in [0.2, 0.25) is 0 Å². The summed E-state index contributed by atoms with van der Waals surface area (Å²) < 4.78 is 0. The smallest absolute Gasteiger partial charge is 0.252 e. The minimum atomic E-state index is -0.494. The molecule has 1 unspecified atom stereocenters. The third kappa shape index (κ3) is 6.67. The molecule has 1 aliphatic rings. The van der Waals surface area contributed by atoms with Gasteiger partial charge in [-0.25, -0.2) is 0 Å². The van der Waals surface area contributed by atoms with Crippen molar-refractivity contribution in [3.05, 3.63) is 35.4 Å². The topological polar surface area (TPSA) is 70.2 Å². The Hall–Kier alpha value is -1.59. The van der Waals surface area contributed by atoms with Gasteiger partial charge in [0.05, 0.1) is 0 Å². The highest BCUT2D eigenvalue weighted by Crippen LogP contribution is 2.11. The second kappa shape index (κ2) is 10.4. The van der Waals surface area contributed by atoms with Crippen molar-refractivity contribution in [2.24, 2.45) is 5.92 Å². The summed E-state index contributed by atoms with van der Waals surface area (Å²) in [7, 11) is 0. The van der Waals surface area contributed by atoms with Crippen molar-refractivity contribution in [2.75, 3.05) is 13.1 Å². The van der Waals surface area contributed by atoms with Gasteiger partial charge in [-0.05, 0) is 56.8 Å². The van der Waals surface area contributed by atoms with E-state index in [-0.39, 0.29) is 30.3 Å². The fraction of sp³-hybridized carbons (Fsp3) is 0.579. The van der Waals surface area contributed by atoms with E-state index in [9.17, 15) is 9.59 Å². The van der Waals surface area contributed by atoms with Crippen LogP contribution in [-0.2, 0) is 4.79 Å². The Bertz CT molecular complexity index is 572. The number of nitrogens with one attached hydrogen (secondary N) is 3. The molecule has 0 spiro atoms. The van der Waals surface area contributed by atoms with Crippen molar-refractivity contribution in [1.29, 1.82) is 0 Å². The maximum Gasteiger partial charge on any atom is 0.252 e. The average molecular weight is 368 g/mol. The first-order valence-corrected chi connectivity index (χ1v) is 8.85. The summed E-state index contributed by atoms with van der Waals surface area (Å²) in [4.78, 5) is 25.2. The molecule has 5 nitrogen and oxygen atoms in total. The van der Waals surface area contributed by atoms with E-state index < -0.39 is 6.04 Å². The van der Waals surface area contributed by atoms with Gasteiger partial charge >= 0.3 is 0 Å². The van der Waals surface area contributed by atoms with E-state index in [1.54, 1.807) is 6.07 Å². The van der Waals surface area contributed by atoms with Gasteiger partial charge in [-0.3, -0.25) is 9.59 Å². The molecule has 3 N–H and O–H groups in total. The largest absolute Gasteiger partial charge is 0.351 e.